The highest BCUT2D eigenvalue weighted by Crippen LogP contribution is 2.00. The topological polar surface area (TPSA) is 79.7 Å². The lowest BCUT2D eigenvalue weighted by atomic mass is 10.3. The quantitative estimate of drug-likeness (QED) is 0.354. The van der Waals surface area contributed by atoms with Gasteiger partial charge < -0.3 is 25.3 Å². The Bertz CT molecular complexity index is 456. The fraction of sp³-hybridized carbons (Fsp3) is 0.571. The molecule has 7 heteroatoms. The number of hydrogen-bond acceptors (Lipinski definition) is 3. The standard InChI is InChI=1S/C14H25N5O2/c1-4-15-14(17-9-12-5-7-19(2)11-12)18-10-13(20)16-6-8-21-3/h5,7,11H,4,6,8-10H2,1-3H3,(H,16,20)(H2,15,17,18). The van der Waals surface area contributed by atoms with Gasteiger partial charge in [-0.1, -0.05) is 0 Å². The van der Waals surface area contributed by atoms with E-state index in [0.29, 0.717) is 25.7 Å². The fourth-order valence-corrected chi connectivity index (χ4v) is 1.69. The largest absolute Gasteiger partial charge is 0.383 e. The number of amides is 1. The van der Waals surface area contributed by atoms with Gasteiger partial charge in [-0.2, -0.15) is 0 Å². The van der Waals surface area contributed by atoms with Crippen molar-refractivity contribution in [2.24, 2.45) is 12.0 Å². The van der Waals surface area contributed by atoms with Crippen LogP contribution in [-0.2, 0) is 23.1 Å². The Morgan fingerprint density at radius 3 is 2.81 bits per heavy atom. The summed E-state index contributed by atoms with van der Waals surface area (Å²) in [7, 11) is 3.57. The van der Waals surface area contributed by atoms with E-state index in [4.69, 9.17) is 4.74 Å². The lowest BCUT2D eigenvalue weighted by molar-refractivity contribution is -0.120. The van der Waals surface area contributed by atoms with Gasteiger partial charge in [0.25, 0.3) is 0 Å². The lowest BCUT2D eigenvalue weighted by Gasteiger charge is -2.11. The Hall–Kier alpha value is -2.02. The van der Waals surface area contributed by atoms with Crippen molar-refractivity contribution < 1.29 is 9.53 Å². The molecule has 1 aromatic rings. The van der Waals surface area contributed by atoms with Gasteiger partial charge in [0, 0.05) is 39.6 Å². The van der Waals surface area contributed by atoms with Crippen LogP contribution in [0.5, 0.6) is 0 Å². The van der Waals surface area contributed by atoms with Crippen molar-refractivity contribution in [3.05, 3.63) is 24.0 Å². The first kappa shape index (κ1) is 17.0. The normalized spacial score (nSPS) is 11.3. The maximum atomic E-state index is 11.6. The van der Waals surface area contributed by atoms with E-state index in [1.165, 1.54) is 0 Å². The fourth-order valence-electron chi connectivity index (χ4n) is 1.69. The molecule has 1 heterocycles. The number of nitrogens with zero attached hydrogens (tertiary/aromatic N) is 2. The minimum Gasteiger partial charge on any atom is -0.383 e. The third kappa shape index (κ3) is 7.36. The number of guanidine groups is 1. The van der Waals surface area contributed by atoms with Crippen LogP contribution in [-0.4, -0.2) is 49.8 Å². The molecule has 0 atom stereocenters. The van der Waals surface area contributed by atoms with Crippen LogP contribution < -0.4 is 16.0 Å². The third-order valence-corrected chi connectivity index (χ3v) is 2.70. The summed E-state index contributed by atoms with van der Waals surface area (Å²) in [5.74, 6) is 0.542. The van der Waals surface area contributed by atoms with Crippen molar-refractivity contribution in [2.75, 3.05) is 33.4 Å². The number of ether oxygens (including phenoxy) is 1. The van der Waals surface area contributed by atoms with E-state index < -0.39 is 0 Å². The number of aryl methyl sites for hydroxylation is 1. The number of methoxy groups -OCH3 is 1. The Labute approximate surface area is 125 Å². The zero-order valence-corrected chi connectivity index (χ0v) is 13.0. The first-order valence-electron chi connectivity index (χ1n) is 7.04. The minimum absolute atomic E-state index is 0.0858. The molecule has 0 radical (unpaired) electrons. The molecular formula is C14H25N5O2. The SMILES string of the molecule is CCNC(=NCc1ccn(C)c1)NCC(=O)NCCOC. The molecule has 0 aliphatic heterocycles. The smallest absolute Gasteiger partial charge is 0.239 e. The summed E-state index contributed by atoms with van der Waals surface area (Å²) in [5, 5.41) is 8.86. The molecule has 1 rings (SSSR count). The second-order valence-corrected chi connectivity index (χ2v) is 4.58. The van der Waals surface area contributed by atoms with Crippen LogP contribution >= 0.6 is 0 Å². The van der Waals surface area contributed by atoms with Gasteiger partial charge in [0.2, 0.25) is 5.91 Å². The van der Waals surface area contributed by atoms with Crippen molar-refractivity contribution in [2.45, 2.75) is 13.5 Å². The molecule has 0 fully saturated rings. The van der Waals surface area contributed by atoms with Gasteiger partial charge in [0.15, 0.2) is 5.96 Å². The number of carbonyl (C=O) groups is 1. The number of carbonyl (C=O) groups excluding carboxylic acids is 1. The van der Waals surface area contributed by atoms with Crippen LogP contribution in [0.25, 0.3) is 0 Å². The summed E-state index contributed by atoms with van der Waals surface area (Å²) in [6.07, 6.45) is 4.00. The summed E-state index contributed by atoms with van der Waals surface area (Å²) < 4.78 is 6.85. The molecule has 0 bridgehead atoms. The van der Waals surface area contributed by atoms with Gasteiger partial charge >= 0.3 is 0 Å². The maximum absolute atomic E-state index is 11.6. The van der Waals surface area contributed by atoms with Gasteiger partial charge in [-0.15, -0.1) is 0 Å². The molecule has 0 unspecified atom stereocenters. The highest BCUT2D eigenvalue weighted by Gasteiger charge is 2.03. The van der Waals surface area contributed by atoms with E-state index in [-0.39, 0.29) is 12.5 Å². The maximum Gasteiger partial charge on any atom is 0.239 e. The summed E-state index contributed by atoms with van der Waals surface area (Å²) in [6.45, 7) is 4.50. The summed E-state index contributed by atoms with van der Waals surface area (Å²) in [6, 6.07) is 2.02. The highest BCUT2D eigenvalue weighted by atomic mass is 16.5. The lowest BCUT2D eigenvalue weighted by Crippen LogP contribution is -2.43. The Balaban J connectivity index is 2.39. The third-order valence-electron chi connectivity index (χ3n) is 2.70. The first-order valence-corrected chi connectivity index (χ1v) is 7.04. The Kier molecular flexibility index (Phi) is 7.96. The average Bonchev–Trinajstić information content (AvgIpc) is 2.88. The number of aromatic nitrogens is 1. The number of aliphatic imine (C=N–C) groups is 1. The van der Waals surface area contributed by atoms with E-state index in [0.717, 1.165) is 12.1 Å². The molecule has 1 aromatic heterocycles. The number of hydrogen-bond donors (Lipinski definition) is 3. The van der Waals surface area contributed by atoms with Crippen LogP contribution in [0, 0.1) is 0 Å². The highest BCUT2D eigenvalue weighted by molar-refractivity contribution is 5.86. The number of rotatable bonds is 8. The molecule has 0 saturated heterocycles. The molecule has 0 aliphatic rings. The first-order chi connectivity index (χ1) is 10.2. The molecule has 1 amide bonds. The summed E-state index contributed by atoms with van der Waals surface area (Å²) in [4.78, 5) is 16.0. The molecule has 0 spiro atoms. The Morgan fingerprint density at radius 2 is 2.19 bits per heavy atom. The van der Waals surface area contributed by atoms with Crippen molar-refractivity contribution in [3.63, 3.8) is 0 Å². The van der Waals surface area contributed by atoms with Crippen LogP contribution in [0.2, 0.25) is 0 Å². The minimum atomic E-state index is -0.0858. The molecule has 118 valence electrons. The van der Waals surface area contributed by atoms with Crippen LogP contribution in [0.4, 0.5) is 0 Å². The van der Waals surface area contributed by atoms with Crippen LogP contribution in [0.15, 0.2) is 23.5 Å². The zero-order chi connectivity index (χ0) is 15.5. The van der Waals surface area contributed by atoms with E-state index >= 15 is 0 Å². The van der Waals surface area contributed by atoms with Crippen molar-refractivity contribution >= 4 is 11.9 Å². The van der Waals surface area contributed by atoms with E-state index in [1.807, 2.05) is 37.0 Å². The predicted molar refractivity (Wildman–Crippen MR) is 83.1 cm³/mol. The predicted octanol–water partition coefficient (Wildman–Crippen LogP) is -0.157. The molecule has 0 saturated carbocycles. The second kappa shape index (κ2) is 9.82. The molecule has 3 N–H and O–H groups in total. The van der Waals surface area contributed by atoms with Gasteiger partial charge in [-0.3, -0.25) is 4.79 Å². The van der Waals surface area contributed by atoms with E-state index in [9.17, 15) is 4.79 Å². The molecule has 7 nitrogen and oxygen atoms in total. The summed E-state index contributed by atoms with van der Waals surface area (Å²) in [5.41, 5.74) is 1.12. The van der Waals surface area contributed by atoms with E-state index in [2.05, 4.69) is 20.9 Å². The van der Waals surface area contributed by atoms with Crippen LogP contribution in [0.1, 0.15) is 12.5 Å². The van der Waals surface area contributed by atoms with Gasteiger partial charge in [-0.05, 0) is 18.6 Å². The molecule has 0 aromatic carbocycles. The van der Waals surface area contributed by atoms with Gasteiger partial charge in [0.1, 0.15) is 0 Å². The van der Waals surface area contributed by atoms with Gasteiger partial charge in [0.05, 0.1) is 19.7 Å². The number of nitrogens with one attached hydrogen (secondary N) is 3. The van der Waals surface area contributed by atoms with Crippen LogP contribution in [0.3, 0.4) is 0 Å². The second-order valence-electron chi connectivity index (χ2n) is 4.58. The molecular weight excluding hydrogens is 270 g/mol. The van der Waals surface area contributed by atoms with E-state index in [1.54, 1.807) is 7.11 Å². The summed E-state index contributed by atoms with van der Waals surface area (Å²) >= 11 is 0. The Morgan fingerprint density at radius 1 is 1.38 bits per heavy atom. The molecule has 0 aliphatic carbocycles. The van der Waals surface area contributed by atoms with Crippen molar-refractivity contribution in [3.8, 4) is 0 Å². The monoisotopic (exact) mass is 295 g/mol. The van der Waals surface area contributed by atoms with Gasteiger partial charge in [-0.25, -0.2) is 4.99 Å². The average molecular weight is 295 g/mol. The zero-order valence-electron chi connectivity index (χ0n) is 13.0. The van der Waals surface area contributed by atoms with Crippen molar-refractivity contribution in [1.29, 1.82) is 0 Å². The van der Waals surface area contributed by atoms with Crippen molar-refractivity contribution in [1.82, 2.24) is 20.5 Å². The molecule has 21 heavy (non-hydrogen) atoms.